The molecule has 6 heteroatoms. The summed E-state index contributed by atoms with van der Waals surface area (Å²) in [7, 11) is 1.58. The van der Waals surface area contributed by atoms with Crippen molar-refractivity contribution in [3.63, 3.8) is 0 Å². The number of methoxy groups -OCH3 is 1. The molecule has 0 saturated heterocycles. The average molecular weight is 343 g/mol. The van der Waals surface area contributed by atoms with Crippen molar-refractivity contribution in [3.05, 3.63) is 40.9 Å². The van der Waals surface area contributed by atoms with Crippen LogP contribution < -0.4 is 9.47 Å². The molecular weight excluding hydrogens is 323 g/mol. The van der Waals surface area contributed by atoms with Crippen LogP contribution in [0.4, 0.5) is 0 Å². The van der Waals surface area contributed by atoms with Gasteiger partial charge in [0.15, 0.2) is 5.75 Å². The van der Waals surface area contributed by atoms with Crippen molar-refractivity contribution in [1.82, 2.24) is 9.55 Å². The van der Waals surface area contributed by atoms with Gasteiger partial charge in [-0.25, -0.2) is 4.98 Å². The van der Waals surface area contributed by atoms with Crippen LogP contribution in [0.15, 0.2) is 30.9 Å². The first-order chi connectivity index (χ1) is 10.7. The van der Waals surface area contributed by atoms with Crippen molar-refractivity contribution in [2.45, 2.75) is 32.2 Å². The summed E-state index contributed by atoms with van der Waals surface area (Å²) in [6.45, 7) is 1.62. The van der Waals surface area contributed by atoms with Crippen LogP contribution >= 0.6 is 23.2 Å². The summed E-state index contributed by atoms with van der Waals surface area (Å²) < 4.78 is 12.9. The molecule has 1 heterocycles. The maximum atomic E-state index is 6.13. The van der Waals surface area contributed by atoms with Gasteiger partial charge in [-0.1, -0.05) is 36.0 Å². The van der Waals surface area contributed by atoms with E-state index in [0.717, 1.165) is 32.2 Å². The summed E-state index contributed by atoms with van der Waals surface area (Å²) in [5, 5.41) is 0.953. The molecule has 0 spiro atoms. The molecule has 0 fully saturated rings. The van der Waals surface area contributed by atoms with Crippen molar-refractivity contribution in [3.8, 4) is 11.5 Å². The van der Waals surface area contributed by atoms with E-state index in [1.165, 1.54) is 0 Å². The average Bonchev–Trinajstić information content (AvgIpc) is 3.01. The van der Waals surface area contributed by atoms with Crippen LogP contribution in [0, 0.1) is 0 Å². The zero-order valence-corrected chi connectivity index (χ0v) is 14.1. The molecule has 0 amide bonds. The SMILES string of the molecule is COc1cc(Cl)c(OCCCCCCn2ccnc2)c(Cl)c1. The van der Waals surface area contributed by atoms with Gasteiger partial charge in [0.05, 0.1) is 30.1 Å². The third kappa shape index (κ3) is 5.11. The molecule has 1 aromatic carbocycles. The molecule has 0 atom stereocenters. The van der Waals surface area contributed by atoms with E-state index in [4.69, 9.17) is 32.7 Å². The fraction of sp³-hybridized carbons (Fsp3) is 0.438. The highest BCUT2D eigenvalue weighted by Crippen LogP contribution is 2.36. The van der Waals surface area contributed by atoms with Crippen molar-refractivity contribution in [2.75, 3.05) is 13.7 Å². The number of hydrogen-bond acceptors (Lipinski definition) is 3. The number of hydrogen-bond donors (Lipinski definition) is 0. The zero-order chi connectivity index (χ0) is 15.8. The van der Waals surface area contributed by atoms with Gasteiger partial charge in [-0.15, -0.1) is 0 Å². The van der Waals surface area contributed by atoms with Gasteiger partial charge in [0.1, 0.15) is 5.75 Å². The van der Waals surface area contributed by atoms with E-state index in [0.29, 0.717) is 28.2 Å². The molecule has 0 N–H and O–H groups in total. The van der Waals surface area contributed by atoms with E-state index in [2.05, 4.69) is 9.55 Å². The number of halogens is 2. The lowest BCUT2D eigenvalue weighted by Crippen LogP contribution is -2.00. The van der Waals surface area contributed by atoms with E-state index >= 15 is 0 Å². The van der Waals surface area contributed by atoms with Gasteiger partial charge >= 0.3 is 0 Å². The number of aryl methyl sites for hydroxylation is 1. The van der Waals surface area contributed by atoms with Gasteiger partial charge in [0, 0.05) is 31.1 Å². The van der Waals surface area contributed by atoms with E-state index in [1.807, 2.05) is 12.5 Å². The van der Waals surface area contributed by atoms with E-state index < -0.39 is 0 Å². The predicted molar refractivity (Wildman–Crippen MR) is 89.2 cm³/mol. The lowest BCUT2D eigenvalue weighted by atomic mass is 10.2. The van der Waals surface area contributed by atoms with Crippen LogP contribution in [-0.2, 0) is 6.54 Å². The van der Waals surface area contributed by atoms with Gasteiger partial charge in [0.2, 0.25) is 0 Å². The highest BCUT2D eigenvalue weighted by atomic mass is 35.5. The summed E-state index contributed by atoms with van der Waals surface area (Å²) in [6, 6.07) is 3.40. The predicted octanol–water partition coefficient (Wildman–Crippen LogP) is 4.84. The summed E-state index contributed by atoms with van der Waals surface area (Å²) in [4.78, 5) is 4.02. The van der Waals surface area contributed by atoms with Crippen molar-refractivity contribution >= 4 is 23.2 Å². The normalized spacial score (nSPS) is 10.7. The molecule has 2 rings (SSSR count). The zero-order valence-electron chi connectivity index (χ0n) is 12.6. The summed E-state index contributed by atoms with van der Waals surface area (Å²) in [5.41, 5.74) is 0. The molecule has 22 heavy (non-hydrogen) atoms. The first-order valence-electron chi connectivity index (χ1n) is 7.32. The molecule has 0 unspecified atom stereocenters. The number of imidazole rings is 1. The maximum absolute atomic E-state index is 6.13. The monoisotopic (exact) mass is 342 g/mol. The largest absolute Gasteiger partial charge is 0.497 e. The minimum Gasteiger partial charge on any atom is -0.497 e. The molecule has 0 radical (unpaired) electrons. The van der Waals surface area contributed by atoms with Gasteiger partial charge in [-0.05, 0) is 12.8 Å². The Labute approximate surface area is 141 Å². The second-order valence-corrected chi connectivity index (χ2v) is 5.80. The molecule has 0 aliphatic rings. The van der Waals surface area contributed by atoms with Gasteiger partial charge in [-0.3, -0.25) is 0 Å². The van der Waals surface area contributed by atoms with Crippen molar-refractivity contribution in [1.29, 1.82) is 0 Å². The lowest BCUT2D eigenvalue weighted by molar-refractivity contribution is 0.303. The number of benzene rings is 1. The summed E-state index contributed by atoms with van der Waals surface area (Å²) in [6.07, 6.45) is 10.0. The van der Waals surface area contributed by atoms with Crippen molar-refractivity contribution in [2.24, 2.45) is 0 Å². The Balaban J connectivity index is 1.64. The highest BCUT2D eigenvalue weighted by molar-refractivity contribution is 6.37. The van der Waals surface area contributed by atoms with Crippen LogP contribution in [0.3, 0.4) is 0 Å². The standard InChI is InChI=1S/C16H20Cl2N2O2/c1-21-13-10-14(17)16(15(18)11-13)22-9-5-3-2-4-7-20-8-6-19-12-20/h6,8,10-12H,2-5,7,9H2,1H3. The number of nitrogens with zero attached hydrogens (tertiary/aromatic N) is 2. The number of ether oxygens (including phenoxy) is 2. The molecule has 120 valence electrons. The first kappa shape index (κ1) is 17.0. The lowest BCUT2D eigenvalue weighted by Gasteiger charge is -2.11. The molecule has 0 bridgehead atoms. The van der Waals surface area contributed by atoms with Crippen LogP contribution in [-0.4, -0.2) is 23.3 Å². The smallest absolute Gasteiger partial charge is 0.156 e. The molecule has 0 saturated carbocycles. The van der Waals surface area contributed by atoms with Crippen LogP contribution in [0.25, 0.3) is 0 Å². The molecule has 1 aromatic heterocycles. The summed E-state index contributed by atoms with van der Waals surface area (Å²) >= 11 is 12.3. The Hall–Kier alpha value is -1.39. The minimum absolute atomic E-state index is 0.476. The van der Waals surface area contributed by atoms with E-state index in [1.54, 1.807) is 25.4 Å². The second kappa shape index (κ2) is 8.91. The van der Waals surface area contributed by atoms with Gasteiger partial charge < -0.3 is 14.0 Å². The number of rotatable bonds is 9. The number of unbranched alkanes of at least 4 members (excludes halogenated alkanes) is 3. The van der Waals surface area contributed by atoms with E-state index in [-0.39, 0.29) is 0 Å². The van der Waals surface area contributed by atoms with Crippen LogP contribution in [0.5, 0.6) is 11.5 Å². The van der Waals surface area contributed by atoms with Gasteiger partial charge in [-0.2, -0.15) is 0 Å². The van der Waals surface area contributed by atoms with E-state index in [9.17, 15) is 0 Å². The van der Waals surface area contributed by atoms with Crippen molar-refractivity contribution < 1.29 is 9.47 Å². The number of aromatic nitrogens is 2. The Morgan fingerprint density at radius 3 is 2.45 bits per heavy atom. The third-order valence-corrected chi connectivity index (χ3v) is 3.89. The van der Waals surface area contributed by atoms with Gasteiger partial charge in [0.25, 0.3) is 0 Å². The fourth-order valence-corrected chi connectivity index (χ4v) is 2.71. The fourth-order valence-electron chi connectivity index (χ4n) is 2.14. The maximum Gasteiger partial charge on any atom is 0.156 e. The molecule has 0 aliphatic heterocycles. The Kier molecular flexibility index (Phi) is 6.87. The molecule has 4 nitrogen and oxygen atoms in total. The molecular formula is C16H20Cl2N2O2. The Morgan fingerprint density at radius 2 is 1.82 bits per heavy atom. The first-order valence-corrected chi connectivity index (χ1v) is 8.08. The topological polar surface area (TPSA) is 36.3 Å². The van der Waals surface area contributed by atoms with Crippen LogP contribution in [0.1, 0.15) is 25.7 Å². The third-order valence-electron chi connectivity index (χ3n) is 3.32. The highest BCUT2D eigenvalue weighted by Gasteiger charge is 2.09. The Bertz CT molecular complexity index is 551. The molecule has 0 aliphatic carbocycles. The second-order valence-electron chi connectivity index (χ2n) is 4.98. The summed E-state index contributed by atoms with van der Waals surface area (Å²) in [5.74, 6) is 1.16. The molecule has 2 aromatic rings. The Morgan fingerprint density at radius 1 is 1.09 bits per heavy atom. The van der Waals surface area contributed by atoms with Crippen LogP contribution in [0.2, 0.25) is 10.0 Å². The quantitative estimate of drug-likeness (QED) is 0.612. The minimum atomic E-state index is 0.476.